The van der Waals surface area contributed by atoms with Crippen LogP contribution in [0.5, 0.6) is 17.2 Å². The number of hydrogen-bond acceptors (Lipinski definition) is 8. The number of ether oxygens (including phenoxy) is 1. The van der Waals surface area contributed by atoms with Crippen molar-refractivity contribution in [1.82, 2.24) is 5.32 Å². The van der Waals surface area contributed by atoms with Gasteiger partial charge in [0.2, 0.25) is 5.91 Å². The second kappa shape index (κ2) is 8.65. The van der Waals surface area contributed by atoms with Crippen molar-refractivity contribution in [2.45, 2.75) is 19.4 Å². The molecule has 0 fully saturated rings. The van der Waals surface area contributed by atoms with Gasteiger partial charge in [-0.2, -0.15) is 0 Å². The van der Waals surface area contributed by atoms with Crippen LogP contribution in [0.4, 0.5) is 11.4 Å². The average Bonchev–Trinajstić information content (AvgIpc) is 2.63. The Morgan fingerprint density at radius 2 is 1.59 bits per heavy atom. The molecule has 0 saturated carbocycles. The van der Waals surface area contributed by atoms with E-state index in [0.717, 1.165) is 12.1 Å². The van der Waals surface area contributed by atoms with Crippen molar-refractivity contribution in [2.75, 3.05) is 0 Å². The number of aliphatic carboxylic acids is 1. The number of rotatable bonds is 8. The van der Waals surface area contributed by atoms with E-state index in [1.165, 1.54) is 31.2 Å². The molecule has 0 aliphatic carbocycles. The zero-order valence-corrected chi connectivity index (χ0v) is 14.9. The van der Waals surface area contributed by atoms with Gasteiger partial charge in [0, 0.05) is 13.3 Å². The largest absolute Gasteiger partial charge is 0.497 e. The maximum absolute atomic E-state index is 11.2. The molecule has 12 nitrogen and oxygen atoms in total. The summed E-state index contributed by atoms with van der Waals surface area (Å²) < 4.78 is 5.38. The third kappa shape index (κ3) is 5.38. The van der Waals surface area contributed by atoms with Crippen molar-refractivity contribution in [1.29, 1.82) is 0 Å². The Kier molecular flexibility index (Phi) is 6.29. The lowest BCUT2D eigenvalue weighted by atomic mass is 10.1. The van der Waals surface area contributed by atoms with E-state index in [1.807, 2.05) is 0 Å². The zero-order valence-electron chi connectivity index (χ0n) is 14.9. The number of carboxylic acid groups (broad SMARTS) is 1. The third-order valence-corrected chi connectivity index (χ3v) is 3.71. The van der Waals surface area contributed by atoms with Crippen LogP contribution < -0.4 is 10.1 Å². The van der Waals surface area contributed by atoms with Crippen LogP contribution in [0.15, 0.2) is 36.4 Å². The lowest BCUT2D eigenvalue weighted by Crippen LogP contribution is -2.41. The normalized spacial score (nSPS) is 11.3. The first kappa shape index (κ1) is 21.1. The predicted molar refractivity (Wildman–Crippen MR) is 96.9 cm³/mol. The van der Waals surface area contributed by atoms with Crippen LogP contribution in [0.25, 0.3) is 0 Å². The summed E-state index contributed by atoms with van der Waals surface area (Å²) in [6.07, 6.45) is 0.00530. The summed E-state index contributed by atoms with van der Waals surface area (Å²) in [7, 11) is 0. The van der Waals surface area contributed by atoms with Gasteiger partial charge in [0.05, 0.1) is 22.0 Å². The minimum absolute atomic E-state index is 0.00530. The van der Waals surface area contributed by atoms with Crippen LogP contribution in [0.1, 0.15) is 12.5 Å². The van der Waals surface area contributed by atoms with Crippen LogP contribution in [0.3, 0.4) is 0 Å². The Morgan fingerprint density at radius 3 is 2.00 bits per heavy atom. The topological polar surface area (TPSA) is 182 Å². The molecule has 152 valence electrons. The van der Waals surface area contributed by atoms with Crippen molar-refractivity contribution in [3.63, 3.8) is 0 Å². The molecule has 0 heterocycles. The van der Waals surface area contributed by atoms with Gasteiger partial charge in [0.1, 0.15) is 17.5 Å². The number of nitrogens with one attached hydrogen (secondary N) is 1. The molecule has 0 aromatic heterocycles. The fourth-order valence-corrected chi connectivity index (χ4v) is 2.43. The number of carbonyl (C=O) groups excluding carboxylic acids is 1. The molecule has 2 aromatic rings. The summed E-state index contributed by atoms with van der Waals surface area (Å²) in [5.41, 5.74) is -1.21. The first-order chi connectivity index (χ1) is 13.6. The van der Waals surface area contributed by atoms with Gasteiger partial charge in [-0.3, -0.25) is 25.0 Å². The highest BCUT2D eigenvalue weighted by molar-refractivity contribution is 5.82. The second-order valence-electron chi connectivity index (χ2n) is 5.87. The Balaban J connectivity index is 2.23. The molecule has 1 unspecified atom stereocenters. The highest BCUT2D eigenvalue weighted by atomic mass is 16.6. The first-order valence-electron chi connectivity index (χ1n) is 8.01. The SMILES string of the molecule is CC(=O)NC(Cc1ccc(Oc2cc([N+](=O)[O-])c(O)c([N+](=O)[O-])c2)cc1)C(=O)O. The molecule has 0 aliphatic heterocycles. The van der Waals surface area contributed by atoms with Gasteiger partial charge in [0.15, 0.2) is 0 Å². The van der Waals surface area contributed by atoms with E-state index in [-0.39, 0.29) is 17.9 Å². The molecular formula is C17H15N3O9. The van der Waals surface area contributed by atoms with E-state index < -0.39 is 44.9 Å². The standard InChI is InChI=1S/C17H15N3O9/c1-9(21)18-13(17(23)24)6-10-2-4-11(5-3-10)29-12-7-14(19(25)26)16(22)15(8-12)20(27)28/h2-5,7-8,13,22H,6H2,1H3,(H,18,21)(H,23,24). The van der Waals surface area contributed by atoms with Gasteiger partial charge in [-0.05, 0) is 17.7 Å². The van der Waals surface area contributed by atoms with Gasteiger partial charge in [0.25, 0.3) is 5.75 Å². The smallest absolute Gasteiger partial charge is 0.326 e. The molecule has 0 spiro atoms. The first-order valence-corrected chi connectivity index (χ1v) is 8.01. The van der Waals surface area contributed by atoms with E-state index in [4.69, 9.17) is 9.84 Å². The number of carbonyl (C=O) groups is 2. The third-order valence-electron chi connectivity index (χ3n) is 3.71. The highest BCUT2D eigenvalue weighted by Crippen LogP contribution is 2.40. The number of aromatic hydroxyl groups is 1. The van der Waals surface area contributed by atoms with Crippen LogP contribution in [0, 0.1) is 20.2 Å². The number of amides is 1. The molecule has 1 amide bonds. The lowest BCUT2D eigenvalue weighted by Gasteiger charge is -2.13. The number of carboxylic acids is 1. The fourth-order valence-electron chi connectivity index (χ4n) is 2.43. The molecule has 0 aliphatic rings. The predicted octanol–water partition coefficient (Wildman–Crippen LogP) is 2.13. The van der Waals surface area contributed by atoms with Crippen molar-refractivity contribution in [3.05, 3.63) is 62.2 Å². The van der Waals surface area contributed by atoms with Crippen LogP contribution in [0.2, 0.25) is 0 Å². The molecule has 1 atom stereocenters. The Morgan fingerprint density at radius 1 is 1.07 bits per heavy atom. The van der Waals surface area contributed by atoms with Crippen molar-refractivity contribution in [2.24, 2.45) is 0 Å². The maximum atomic E-state index is 11.2. The van der Waals surface area contributed by atoms with E-state index in [2.05, 4.69) is 5.32 Å². The summed E-state index contributed by atoms with van der Waals surface area (Å²) in [5.74, 6) is -2.86. The number of nitro benzene ring substituents is 2. The molecule has 29 heavy (non-hydrogen) atoms. The van der Waals surface area contributed by atoms with Gasteiger partial charge < -0.3 is 20.3 Å². The molecule has 0 saturated heterocycles. The van der Waals surface area contributed by atoms with E-state index in [9.17, 15) is 34.9 Å². The minimum atomic E-state index is -1.20. The molecule has 2 aromatic carbocycles. The number of phenols is 1. The van der Waals surface area contributed by atoms with Gasteiger partial charge in [-0.25, -0.2) is 4.79 Å². The van der Waals surface area contributed by atoms with Crippen molar-refractivity contribution >= 4 is 23.3 Å². The number of benzene rings is 2. The van der Waals surface area contributed by atoms with Gasteiger partial charge in [-0.1, -0.05) is 12.1 Å². The number of hydrogen-bond donors (Lipinski definition) is 3. The van der Waals surface area contributed by atoms with Crippen molar-refractivity contribution in [3.8, 4) is 17.2 Å². The quantitative estimate of drug-likeness (QED) is 0.437. The molecular weight excluding hydrogens is 390 g/mol. The summed E-state index contributed by atoms with van der Waals surface area (Å²) in [5, 5.41) is 43.0. The molecule has 2 rings (SSSR count). The lowest BCUT2D eigenvalue weighted by molar-refractivity contribution is -0.396. The Hall–Kier alpha value is -4.22. The molecule has 12 heteroatoms. The average molecular weight is 405 g/mol. The summed E-state index contributed by atoms with van der Waals surface area (Å²) >= 11 is 0. The molecule has 0 bridgehead atoms. The highest BCUT2D eigenvalue weighted by Gasteiger charge is 2.27. The van der Waals surface area contributed by atoms with Crippen LogP contribution >= 0.6 is 0 Å². The van der Waals surface area contributed by atoms with E-state index in [1.54, 1.807) is 0 Å². The maximum Gasteiger partial charge on any atom is 0.326 e. The monoisotopic (exact) mass is 405 g/mol. The van der Waals surface area contributed by atoms with Crippen LogP contribution in [-0.4, -0.2) is 38.0 Å². The summed E-state index contributed by atoms with van der Waals surface area (Å²) in [6.45, 7) is 1.20. The summed E-state index contributed by atoms with van der Waals surface area (Å²) in [4.78, 5) is 42.2. The second-order valence-corrected chi connectivity index (χ2v) is 5.87. The van der Waals surface area contributed by atoms with Gasteiger partial charge >= 0.3 is 17.3 Å². The van der Waals surface area contributed by atoms with E-state index >= 15 is 0 Å². The molecule has 3 N–H and O–H groups in total. The fraction of sp³-hybridized carbons (Fsp3) is 0.176. The Labute approximate surface area is 162 Å². The van der Waals surface area contributed by atoms with Crippen molar-refractivity contribution < 1.29 is 34.4 Å². The van der Waals surface area contributed by atoms with Gasteiger partial charge in [-0.15, -0.1) is 0 Å². The number of nitro groups is 2. The Bertz CT molecular complexity index is 938. The summed E-state index contributed by atoms with van der Waals surface area (Å²) in [6, 6.07) is 6.42. The number of nitrogens with zero attached hydrogens (tertiary/aromatic N) is 2. The van der Waals surface area contributed by atoms with E-state index in [0.29, 0.717) is 5.56 Å². The number of phenolic OH excluding ortho intramolecular Hbond substituents is 1. The van der Waals surface area contributed by atoms with Crippen LogP contribution in [-0.2, 0) is 16.0 Å². The minimum Gasteiger partial charge on any atom is -0.497 e. The zero-order chi connectivity index (χ0) is 21.7. The molecule has 0 radical (unpaired) electrons.